The highest BCUT2D eigenvalue weighted by atomic mass is 79.9. The maximum absolute atomic E-state index is 8.47. The van der Waals surface area contributed by atoms with Crippen LogP contribution in [0.1, 0.15) is 5.56 Å². The van der Waals surface area contributed by atoms with E-state index in [0.717, 1.165) is 10.0 Å². The summed E-state index contributed by atoms with van der Waals surface area (Å²) in [5.74, 6) is 1.53. The van der Waals surface area contributed by atoms with Crippen molar-refractivity contribution in [1.29, 1.82) is 0 Å². The number of rotatable bonds is 2. The van der Waals surface area contributed by atoms with Crippen LogP contribution in [0.25, 0.3) is 0 Å². The number of nitrogens with zero attached hydrogens (tertiary/aromatic N) is 1. The first-order chi connectivity index (χ1) is 7.20. The normalized spacial score (nSPS) is 14.3. The molecule has 1 aliphatic heterocycles. The third-order valence-corrected chi connectivity index (χ3v) is 2.78. The summed E-state index contributed by atoms with van der Waals surface area (Å²) in [5, 5.41) is 11.4. The molecule has 0 aliphatic carbocycles. The summed E-state index contributed by atoms with van der Waals surface area (Å²) in [6, 6.07) is 3.62. The van der Waals surface area contributed by atoms with Gasteiger partial charge < -0.3 is 20.4 Å². The fraction of sp³-hybridized carbons (Fsp3) is 0.222. The Morgan fingerprint density at radius 2 is 2.13 bits per heavy atom. The average molecular weight is 273 g/mol. The predicted molar refractivity (Wildman–Crippen MR) is 57.4 cm³/mol. The molecule has 0 saturated carbocycles. The minimum atomic E-state index is 0.148. The Morgan fingerprint density at radius 1 is 1.47 bits per heavy atom. The van der Waals surface area contributed by atoms with E-state index in [2.05, 4.69) is 21.1 Å². The molecular weight excluding hydrogens is 264 g/mol. The van der Waals surface area contributed by atoms with Crippen LogP contribution in [-0.4, -0.2) is 17.8 Å². The van der Waals surface area contributed by atoms with Gasteiger partial charge in [-0.25, -0.2) is 0 Å². The third-order valence-electron chi connectivity index (χ3n) is 2.04. The van der Waals surface area contributed by atoms with E-state index < -0.39 is 0 Å². The third kappa shape index (κ3) is 1.99. The molecular formula is C9H9BrN2O3. The Morgan fingerprint density at radius 3 is 2.80 bits per heavy atom. The van der Waals surface area contributed by atoms with Crippen LogP contribution in [-0.2, 0) is 6.42 Å². The molecule has 0 spiro atoms. The van der Waals surface area contributed by atoms with Gasteiger partial charge in [-0.2, -0.15) is 0 Å². The zero-order valence-corrected chi connectivity index (χ0v) is 9.32. The van der Waals surface area contributed by atoms with Gasteiger partial charge in [0.1, 0.15) is 5.84 Å². The highest BCUT2D eigenvalue weighted by molar-refractivity contribution is 9.10. The van der Waals surface area contributed by atoms with E-state index in [0.29, 0.717) is 17.9 Å². The van der Waals surface area contributed by atoms with Crippen LogP contribution in [0.4, 0.5) is 0 Å². The summed E-state index contributed by atoms with van der Waals surface area (Å²) in [6.45, 7) is 0.231. The fourth-order valence-corrected chi connectivity index (χ4v) is 1.79. The average Bonchev–Trinajstić information content (AvgIpc) is 2.65. The second kappa shape index (κ2) is 3.98. The van der Waals surface area contributed by atoms with Crippen LogP contribution in [0.3, 0.4) is 0 Å². The molecule has 1 aromatic rings. The van der Waals surface area contributed by atoms with E-state index in [9.17, 15) is 0 Å². The molecule has 2 rings (SSSR count). The number of oxime groups is 1. The lowest BCUT2D eigenvalue weighted by Crippen LogP contribution is -2.14. The number of hydrogen-bond acceptors (Lipinski definition) is 4. The van der Waals surface area contributed by atoms with Crippen molar-refractivity contribution < 1.29 is 14.7 Å². The molecule has 1 heterocycles. The van der Waals surface area contributed by atoms with Crippen molar-refractivity contribution in [3.8, 4) is 11.5 Å². The lowest BCUT2D eigenvalue weighted by molar-refractivity contribution is 0.174. The summed E-state index contributed by atoms with van der Waals surface area (Å²) in [5.41, 5.74) is 6.31. The van der Waals surface area contributed by atoms with Gasteiger partial charge in [-0.1, -0.05) is 21.1 Å². The van der Waals surface area contributed by atoms with Gasteiger partial charge in [-0.15, -0.1) is 0 Å². The smallest absolute Gasteiger partial charge is 0.231 e. The maximum atomic E-state index is 8.47. The number of ether oxygens (including phenoxy) is 2. The molecule has 0 fully saturated rings. The van der Waals surface area contributed by atoms with Crippen LogP contribution < -0.4 is 15.2 Å². The van der Waals surface area contributed by atoms with Gasteiger partial charge in [-0.3, -0.25) is 0 Å². The lowest BCUT2D eigenvalue weighted by Gasteiger charge is -2.05. The van der Waals surface area contributed by atoms with Gasteiger partial charge >= 0.3 is 0 Å². The van der Waals surface area contributed by atoms with Gasteiger partial charge in [0.05, 0.1) is 0 Å². The number of amidine groups is 1. The SMILES string of the molecule is N/C(Cc1cc2c(cc1Br)OCO2)=N\O. The van der Waals surface area contributed by atoms with Gasteiger partial charge in [0.25, 0.3) is 0 Å². The Bertz CT molecular complexity index is 420. The topological polar surface area (TPSA) is 77.1 Å². The Balaban J connectivity index is 2.32. The second-order valence-electron chi connectivity index (χ2n) is 3.06. The van der Waals surface area contributed by atoms with Crippen molar-refractivity contribution in [3.05, 3.63) is 22.2 Å². The minimum absolute atomic E-state index is 0.148. The number of hydrogen-bond donors (Lipinski definition) is 2. The zero-order chi connectivity index (χ0) is 10.8. The van der Waals surface area contributed by atoms with Gasteiger partial charge in [0, 0.05) is 10.9 Å². The van der Waals surface area contributed by atoms with Crippen LogP contribution in [0.15, 0.2) is 21.8 Å². The van der Waals surface area contributed by atoms with Crippen LogP contribution in [0, 0.1) is 0 Å². The number of fused-ring (bicyclic) bond motifs is 1. The first-order valence-corrected chi connectivity index (χ1v) is 5.04. The molecule has 3 N–H and O–H groups in total. The minimum Gasteiger partial charge on any atom is -0.454 e. The first kappa shape index (κ1) is 10.1. The van der Waals surface area contributed by atoms with Gasteiger partial charge in [0.2, 0.25) is 6.79 Å². The molecule has 1 aliphatic rings. The quantitative estimate of drug-likeness (QED) is 0.370. The van der Waals surface area contributed by atoms with Crippen LogP contribution >= 0.6 is 15.9 Å². The Hall–Kier alpha value is -1.43. The summed E-state index contributed by atoms with van der Waals surface area (Å²) in [7, 11) is 0. The molecule has 0 radical (unpaired) electrons. The van der Waals surface area contributed by atoms with Crippen LogP contribution in [0.2, 0.25) is 0 Å². The van der Waals surface area contributed by atoms with E-state index >= 15 is 0 Å². The number of halogens is 1. The van der Waals surface area contributed by atoms with E-state index in [1.54, 1.807) is 0 Å². The largest absolute Gasteiger partial charge is 0.454 e. The van der Waals surface area contributed by atoms with Crippen molar-refractivity contribution >= 4 is 21.8 Å². The van der Waals surface area contributed by atoms with Crippen molar-refractivity contribution in [3.63, 3.8) is 0 Å². The second-order valence-corrected chi connectivity index (χ2v) is 3.92. The van der Waals surface area contributed by atoms with E-state index in [-0.39, 0.29) is 12.6 Å². The molecule has 0 atom stereocenters. The molecule has 80 valence electrons. The fourth-order valence-electron chi connectivity index (χ4n) is 1.33. The Kier molecular flexibility index (Phi) is 2.68. The monoisotopic (exact) mass is 272 g/mol. The molecule has 0 aromatic heterocycles. The van der Waals surface area contributed by atoms with E-state index in [1.807, 2.05) is 12.1 Å². The lowest BCUT2D eigenvalue weighted by atomic mass is 10.1. The summed E-state index contributed by atoms with van der Waals surface area (Å²) < 4.78 is 11.3. The van der Waals surface area contributed by atoms with Gasteiger partial charge in [0.15, 0.2) is 11.5 Å². The molecule has 0 saturated heterocycles. The molecule has 6 heteroatoms. The molecule has 0 unspecified atom stereocenters. The van der Waals surface area contributed by atoms with Gasteiger partial charge in [-0.05, 0) is 17.7 Å². The zero-order valence-electron chi connectivity index (χ0n) is 7.74. The summed E-state index contributed by atoms with van der Waals surface area (Å²) >= 11 is 3.38. The van der Waals surface area contributed by atoms with Crippen LogP contribution in [0.5, 0.6) is 11.5 Å². The molecule has 0 bridgehead atoms. The summed E-state index contributed by atoms with van der Waals surface area (Å²) in [4.78, 5) is 0. The number of benzene rings is 1. The van der Waals surface area contributed by atoms with Crippen molar-refractivity contribution in [2.45, 2.75) is 6.42 Å². The molecule has 5 nitrogen and oxygen atoms in total. The molecule has 1 aromatic carbocycles. The Labute approximate surface area is 94.6 Å². The van der Waals surface area contributed by atoms with Crippen molar-refractivity contribution in [2.24, 2.45) is 10.9 Å². The highest BCUT2D eigenvalue weighted by Gasteiger charge is 2.16. The molecule has 0 amide bonds. The van der Waals surface area contributed by atoms with Crippen molar-refractivity contribution in [2.75, 3.05) is 6.79 Å². The van der Waals surface area contributed by atoms with E-state index in [1.165, 1.54) is 0 Å². The van der Waals surface area contributed by atoms with Crippen molar-refractivity contribution in [1.82, 2.24) is 0 Å². The standard InChI is InChI=1S/C9H9BrN2O3/c10-6-3-8-7(14-4-15-8)1-5(6)2-9(11)12-13/h1,3,13H,2,4H2,(H2,11,12). The molecule has 15 heavy (non-hydrogen) atoms. The van der Waals surface area contributed by atoms with E-state index in [4.69, 9.17) is 20.4 Å². The number of nitrogens with two attached hydrogens (primary N) is 1. The maximum Gasteiger partial charge on any atom is 0.231 e. The first-order valence-electron chi connectivity index (χ1n) is 4.25. The highest BCUT2D eigenvalue weighted by Crippen LogP contribution is 2.36. The predicted octanol–water partition coefficient (Wildman–Crippen LogP) is 1.47. The summed E-state index contributed by atoms with van der Waals surface area (Å²) in [6.07, 6.45) is 0.355.